The summed E-state index contributed by atoms with van der Waals surface area (Å²) >= 11 is 1.83. The molecule has 0 aliphatic heterocycles. The lowest BCUT2D eigenvalue weighted by Gasteiger charge is -2.27. The summed E-state index contributed by atoms with van der Waals surface area (Å²) in [4.78, 5) is 1.39. The molecule has 0 bridgehead atoms. The van der Waals surface area contributed by atoms with Crippen LogP contribution in [0.1, 0.15) is 43.7 Å². The van der Waals surface area contributed by atoms with Crippen LogP contribution in [-0.2, 0) is 0 Å². The molecule has 1 N–H and O–H groups in total. The Balaban J connectivity index is 2.25. The Kier molecular flexibility index (Phi) is 5.17. The Morgan fingerprint density at radius 3 is 2.32 bits per heavy atom. The van der Waals surface area contributed by atoms with E-state index in [0.29, 0.717) is 18.0 Å². The predicted octanol–water partition coefficient (Wildman–Crippen LogP) is 4.86. The number of hydrogen-bond donors (Lipinski definition) is 1. The molecule has 19 heavy (non-hydrogen) atoms. The molecule has 2 unspecified atom stereocenters. The maximum atomic E-state index is 3.83. The first-order chi connectivity index (χ1) is 9.22. The van der Waals surface area contributed by atoms with Crippen molar-refractivity contribution in [2.75, 3.05) is 0 Å². The fourth-order valence-electron chi connectivity index (χ4n) is 2.44. The topological polar surface area (TPSA) is 12.0 Å². The molecule has 2 rings (SSSR count). The third-order valence-corrected chi connectivity index (χ3v) is 4.52. The van der Waals surface area contributed by atoms with E-state index in [2.05, 4.69) is 73.9 Å². The second-order valence-corrected chi connectivity index (χ2v) is 6.26. The largest absolute Gasteiger partial charge is 0.303 e. The molecule has 1 aromatic heterocycles. The Bertz CT molecular complexity index is 461. The van der Waals surface area contributed by atoms with Crippen LogP contribution < -0.4 is 5.32 Å². The molecule has 0 aliphatic carbocycles. The summed E-state index contributed by atoms with van der Waals surface area (Å²) in [5, 5.41) is 5.99. The summed E-state index contributed by atoms with van der Waals surface area (Å²) in [5.74, 6) is 0.649. The van der Waals surface area contributed by atoms with E-state index >= 15 is 0 Å². The quantitative estimate of drug-likeness (QED) is 0.792. The third kappa shape index (κ3) is 3.68. The van der Waals surface area contributed by atoms with Crippen molar-refractivity contribution in [3.8, 4) is 0 Å². The first kappa shape index (κ1) is 14.3. The molecule has 2 aromatic rings. The van der Waals surface area contributed by atoms with E-state index in [1.54, 1.807) is 0 Å². The zero-order valence-electron chi connectivity index (χ0n) is 12.0. The van der Waals surface area contributed by atoms with Gasteiger partial charge in [-0.3, -0.25) is 0 Å². The van der Waals surface area contributed by atoms with Crippen LogP contribution in [0.5, 0.6) is 0 Å². The maximum Gasteiger partial charge on any atom is 0.0673 e. The van der Waals surface area contributed by atoms with E-state index in [0.717, 1.165) is 6.42 Å². The molecular weight excluding hydrogens is 250 g/mol. The molecule has 0 aliphatic rings. The van der Waals surface area contributed by atoms with Crippen LogP contribution in [0.2, 0.25) is 0 Å². The van der Waals surface area contributed by atoms with Gasteiger partial charge >= 0.3 is 0 Å². The van der Waals surface area contributed by atoms with Gasteiger partial charge in [-0.1, -0.05) is 57.2 Å². The van der Waals surface area contributed by atoms with Crippen LogP contribution in [0.25, 0.3) is 0 Å². The van der Waals surface area contributed by atoms with Gasteiger partial charge in [0.15, 0.2) is 0 Å². The first-order valence-electron chi connectivity index (χ1n) is 7.06. The molecular formula is C17H23NS. The highest BCUT2D eigenvalue weighted by molar-refractivity contribution is 7.10. The molecule has 1 aromatic carbocycles. The number of benzene rings is 1. The lowest BCUT2D eigenvalue weighted by atomic mass is 9.98. The van der Waals surface area contributed by atoms with Crippen molar-refractivity contribution in [2.45, 2.75) is 39.3 Å². The van der Waals surface area contributed by atoms with Gasteiger partial charge in [0.05, 0.1) is 6.04 Å². The van der Waals surface area contributed by atoms with Gasteiger partial charge in [-0.05, 0) is 29.3 Å². The SMILES string of the molecule is CCC(NC(c1ccccc1)c1cccs1)C(C)C. The van der Waals surface area contributed by atoms with Crippen molar-refractivity contribution in [1.82, 2.24) is 5.32 Å². The van der Waals surface area contributed by atoms with Gasteiger partial charge in [0.25, 0.3) is 0 Å². The fourth-order valence-corrected chi connectivity index (χ4v) is 3.25. The van der Waals surface area contributed by atoms with Gasteiger partial charge in [-0.15, -0.1) is 11.3 Å². The van der Waals surface area contributed by atoms with Gasteiger partial charge in [-0.2, -0.15) is 0 Å². The molecule has 0 fully saturated rings. The molecule has 0 spiro atoms. The van der Waals surface area contributed by atoms with Crippen LogP contribution in [0.4, 0.5) is 0 Å². The minimum absolute atomic E-state index is 0.313. The number of thiophene rings is 1. The zero-order chi connectivity index (χ0) is 13.7. The van der Waals surface area contributed by atoms with Crippen LogP contribution in [0.3, 0.4) is 0 Å². The summed E-state index contributed by atoms with van der Waals surface area (Å²) in [7, 11) is 0. The van der Waals surface area contributed by atoms with Gasteiger partial charge in [0.2, 0.25) is 0 Å². The highest BCUT2D eigenvalue weighted by Gasteiger charge is 2.20. The standard InChI is InChI=1S/C17H23NS/c1-4-15(13(2)3)18-17(16-11-8-12-19-16)14-9-6-5-7-10-14/h5-13,15,17-18H,4H2,1-3H3. The molecule has 2 atom stereocenters. The lowest BCUT2D eigenvalue weighted by molar-refractivity contribution is 0.367. The van der Waals surface area contributed by atoms with Crippen LogP contribution in [0, 0.1) is 5.92 Å². The van der Waals surface area contributed by atoms with E-state index in [9.17, 15) is 0 Å². The van der Waals surface area contributed by atoms with E-state index < -0.39 is 0 Å². The van der Waals surface area contributed by atoms with Crippen molar-refractivity contribution in [3.63, 3.8) is 0 Å². The van der Waals surface area contributed by atoms with E-state index in [1.807, 2.05) is 11.3 Å². The van der Waals surface area contributed by atoms with Crippen molar-refractivity contribution in [3.05, 3.63) is 58.3 Å². The van der Waals surface area contributed by atoms with Crippen LogP contribution in [0.15, 0.2) is 47.8 Å². The number of hydrogen-bond acceptors (Lipinski definition) is 2. The third-order valence-electron chi connectivity index (χ3n) is 3.59. The average molecular weight is 273 g/mol. The molecule has 0 saturated heterocycles. The van der Waals surface area contributed by atoms with Crippen molar-refractivity contribution < 1.29 is 0 Å². The van der Waals surface area contributed by atoms with Crippen LogP contribution in [-0.4, -0.2) is 6.04 Å². The van der Waals surface area contributed by atoms with Crippen molar-refractivity contribution in [2.24, 2.45) is 5.92 Å². The summed E-state index contributed by atoms with van der Waals surface area (Å²) in [6.45, 7) is 6.84. The van der Waals surface area contributed by atoms with Gasteiger partial charge in [0.1, 0.15) is 0 Å². The minimum atomic E-state index is 0.313. The predicted molar refractivity (Wildman–Crippen MR) is 84.7 cm³/mol. The van der Waals surface area contributed by atoms with Crippen molar-refractivity contribution >= 4 is 11.3 Å². The molecule has 0 saturated carbocycles. The van der Waals surface area contributed by atoms with E-state index in [-0.39, 0.29) is 0 Å². The Hall–Kier alpha value is -1.12. The summed E-state index contributed by atoms with van der Waals surface area (Å²) in [6.07, 6.45) is 1.16. The minimum Gasteiger partial charge on any atom is -0.303 e. The molecule has 1 heterocycles. The number of nitrogens with one attached hydrogen (secondary N) is 1. The molecule has 102 valence electrons. The summed E-state index contributed by atoms with van der Waals surface area (Å²) in [5.41, 5.74) is 1.35. The molecule has 1 nitrogen and oxygen atoms in total. The molecule has 0 amide bonds. The Morgan fingerprint density at radius 1 is 1.05 bits per heavy atom. The fraction of sp³-hybridized carbons (Fsp3) is 0.412. The normalized spacial score (nSPS) is 14.5. The van der Waals surface area contributed by atoms with Gasteiger partial charge < -0.3 is 5.32 Å². The molecule has 2 heteroatoms. The average Bonchev–Trinajstić information content (AvgIpc) is 2.94. The Morgan fingerprint density at radius 2 is 1.79 bits per heavy atom. The Labute approximate surface area is 120 Å². The highest BCUT2D eigenvalue weighted by Crippen LogP contribution is 2.27. The second kappa shape index (κ2) is 6.88. The van der Waals surface area contributed by atoms with Crippen molar-refractivity contribution in [1.29, 1.82) is 0 Å². The van der Waals surface area contributed by atoms with E-state index in [4.69, 9.17) is 0 Å². The summed E-state index contributed by atoms with van der Waals surface area (Å²) < 4.78 is 0. The maximum absolute atomic E-state index is 3.83. The van der Waals surface area contributed by atoms with Gasteiger partial charge in [-0.25, -0.2) is 0 Å². The monoisotopic (exact) mass is 273 g/mol. The number of rotatable bonds is 6. The summed E-state index contributed by atoms with van der Waals surface area (Å²) in [6, 6.07) is 16.0. The van der Waals surface area contributed by atoms with Crippen LogP contribution >= 0.6 is 11.3 Å². The highest BCUT2D eigenvalue weighted by atomic mass is 32.1. The zero-order valence-corrected chi connectivity index (χ0v) is 12.8. The van der Waals surface area contributed by atoms with Gasteiger partial charge in [0, 0.05) is 10.9 Å². The smallest absolute Gasteiger partial charge is 0.0673 e. The molecule has 0 radical (unpaired) electrons. The lowest BCUT2D eigenvalue weighted by Crippen LogP contribution is -2.36. The first-order valence-corrected chi connectivity index (χ1v) is 7.94. The van der Waals surface area contributed by atoms with E-state index in [1.165, 1.54) is 10.4 Å². The second-order valence-electron chi connectivity index (χ2n) is 5.28.